The highest BCUT2D eigenvalue weighted by atomic mass is 19.2. The Morgan fingerprint density at radius 2 is 1.95 bits per heavy atom. The van der Waals surface area contributed by atoms with Crippen molar-refractivity contribution in [2.45, 2.75) is 26.7 Å². The van der Waals surface area contributed by atoms with Gasteiger partial charge in [0.05, 0.1) is 18.6 Å². The summed E-state index contributed by atoms with van der Waals surface area (Å²) in [6.45, 7) is 3.00. The molecule has 0 aromatic heterocycles. The second-order valence-corrected chi connectivity index (χ2v) is 4.43. The third kappa shape index (κ3) is 4.68. The number of halogens is 3. The number of ether oxygens (including phenoxy) is 1. The number of carbonyl (C=O) groups is 2. The maximum absolute atomic E-state index is 13.7. The Bertz CT molecular complexity index is 600. The summed E-state index contributed by atoms with van der Waals surface area (Å²) in [6.07, 6.45) is 1.08. The van der Waals surface area contributed by atoms with E-state index in [2.05, 4.69) is 9.73 Å². The first-order chi connectivity index (χ1) is 10.4. The number of ketones is 1. The van der Waals surface area contributed by atoms with Crippen LogP contribution in [0.5, 0.6) is 0 Å². The van der Waals surface area contributed by atoms with Crippen LogP contribution in [0, 0.1) is 24.4 Å². The van der Waals surface area contributed by atoms with Gasteiger partial charge in [0.15, 0.2) is 17.4 Å². The zero-order valence-electron chi connectivity index (χ0n) is 12.3. The smallest absolute Gasteiger partial charge is 0.311 e. The van der Waals surface area contributed by atoms with E-state index in [1.165, 1.54) is 6.21 Å². The van der Waals surface area contributed by atoms with Crippen LogP contribution in [0.25, 0.3) is 0 Å². The predicted octanol–water partition coefficient (Wildman–Crippen LogP) is 3.01. The third-order valence-electron chi connectivity index (χ3n) is 2.84. The Balaban J connectivity index is 2.60. The molecule has 0 atom stereocenters. The maximum atomic E-state index is 13.7. The van der Waals surface area contributed by atoms with E-state index in [0.29, 0.717) is 6.07 Å². The summed E-state index contributed by atoms with van der Waals surface area (Å²) in [5, 5.41) is 0. The van der Waals surface area contributed by atoms with Gasteiger partial charge >= 0.3 is 5.97 Å². The number of hydrogen-bond acceptors (Lipinski definition) is 4. The first kappa shape index (κ1) is 17.9. The molecule has 0 saturated carbocycles. The van der Waals surface area contributed by atoms with Gasteiger partial charge < -0.3 is 4.74 Å². The number of esters is 1. The number of carbonyl (C=O) groups excluding carboxylic acids is 2. The van der Waals surface area contributed by atoms with Gasteiger partial charge in [-0.15, -0.1) is 0 Å². The molecule has 0 heterocycles. The van der Waals surface area contributed by atoms with Crippen molar-refractivity contribution in [3.8, 4) is 0 Å². The summed E-state index contributed by atoms with van der Waals surface area (Å²) in [5.74, 6) is -4.78. The van der Waals surface area contributed by atoms with Gasteiger partial charge in [0.1, 0.15) is 5.82 Å². The molecule has 0 bridgehead atoms. The van der Waals surface area contributed by atoms with E-state index in [4.69, 9.17) is 0 Å². The van der Waals surface area contributed by atoms with Crippen molar-refractivity contribution in [1.29, 1.82) is 0 Å². The average molecular weight is 315 g/mol. The Hall–Kier alpha value is -2.18. The van der Waals surface area contributed by atoms with E-state index in [-0.39, 0.29) is 26.0 Å². The molecule has 0 aliphatic carbocycles. The van der Waals surface area contributed by atoms with Gasteiger partial charge in [-0.3, -0.25) is 14.6 Å². The molecular formula is C15H16F3NO3. The quantitative estimate of drug-likeness (QED) is 0.336. The van der Waals surface area contributed by atoms with E-state index < -0.39 is 40.3 Å². The Kier molecular flexibility index (Phi) is 6.75. The van der Waals surface area contributed by atoms with Crippen molar-refractivity contribution in [3.63, 3.8) is 0 Å². The molecule has 1 aromatic carbocycles. The molecule has 0 amide bonds. The van der Waals surface area contributed by atoms with Crippen LogP contribution in [0.2, 0.25) is 0 Å². The van der Waals surface area contributed by atoms with Crippen molar-refractivity contribution in [2.24, 2.45) is 4.99 Å². The molecule has 0 fully saturated rings. The van der Waals surface area contributed by atoms with Crippen LogP contribution in [0.4, 0.5) is 13.2 Å². The summed E-state index contributed by atoms with van der Waals surface area (Å²) in [6, 6.07) is 0.544. The van der Waals surface area contributed by atoms with Gasteiger partial charge in [0.25, 0.3) is 0 Å². The molecule has 22 heavy (non-hydrogen) atoms. The SMILES string of the molecule is CCOC(=O)CC=NCCC(=O)c1cc(F)c(F)c(C)c1F. The standard InChI is InChI=1S/C15H16F3NO3/c1-3-22-13(21)5-7-19-6-4-12(20)10-8-11(16)15(18)9(2)14(10)17/h7-8H,3-6H2,1-2H3. The van der Waals surface area contributed by atoms with E-state index >= 15 is 0 Å². The zero-order valence-corrected chi connectivity index (χ0v) is 12.3. The molecule has 0 aliphatic rings. The van der Waals surface area contributed by atoms with Gasteiger partial charge in [-0.2, -0.15) is 0 Å². The highest BCUT2D eigenvalue weighted by molar-refractivity contribution is 5.96. The lowest BCUT2D eigenvalue weighted by atomic mass is 10.0. The van der Waals surface area contributed by atoms with E-state index in [0.717, 1.165) is 6.92 Å². The Morgan fingerprint density at radius 3 is 2.59 bits per heavy atom. The minimum absolute atomic E-state index is 0.00964. The number of rotatable bonds is 7. The molecular weight excluding hydrogens is 299 g/mol. The fourth-order valence-corrected chi connectivity index (χ4v) is 1.68. The minimum atomic E-state index is -1.30. The number of benzene rings is 1. The van der Waals surface area contributed by atoms with Gasteiger partial charge in [-0.1, -0.05) is 0 Å². The van der Waals surface area contributed by atoms with Crippen LogP contribution in [0.1, 0.15) is 35.7 Å². The summed E-state index contributed by atoms with van der Waals surface area (Å²) in [5.41, 5.74) is -1.04. The molecule has 120 valence electrons. The van der Waals surface area contributed by atoms with E-state index in [1.807, 2.05) is 0 Å². The first-order valence-electron chi connectivity index (χ1n) is 6.69. The predicted molar refractivity (Wildman–Crippen MR) is 74.6 cm³/mol. The number of aliphatic imine (C=N–C) groups is 1. The van der Waals surface area contributed by atoms with Gasteiger partial charge in [0.2, 0.25) is 0 Å². The zero-order chi connectivity index (χ0) is 16.7. The summed E-state index contributed by atoms with van der Waals surface area (Å²) >= 11 is 0. The molecule has 1 rings (SSSR count). The lowest BCUT2D eigenvalue weighted by Crippen LogP contribution is -2.09. The van der Waals surface area contributed by atoms with Crippen molar-refractivity contribution >= 4 is 18.0 Å². The molecule has 7 heteroatoms. The van der Waals surface area contributed by atoms with Crippen LogP contribution < -0.4 is 0 Å². The highest BCUT2D eigenvalue weighted by Gasteiger charge is 2.19. The van der Waals surface area contributed by atoms with Crippen LogP contribution >= 0.6 is 0 Å². The topological polar surface area (TPSA) is 55.7 Å². The first-order valence-corrected chi connectivity index (χ1v) is 6.69. The fraction of sp³-hybridized carbons (Fsp3) is 0.400. The largest absolute Gasteiger partial charge is 0.466 e. The van der Waals surface area contributed by atoms with Gasteiger partial charge in [-0.05, 0) is 19.9 Å². The summed E-state index contributed by atoms with van der Waals surface area (Å²) < 4.78 is 44.7. The van der Waals surface area contributed by atoms with E-state index in [9.17, 15) is 22.8 Å². The summed E-state index contributed by atoms with van der Waals surface area (Å²) in [7, 11) is 0. The molecule has 4 nitrogen and oxygen atoms in total. The van der Waals surface area contributed by atoms with Crippen molar-refractivity contribution < 1.29 is 27.5 Å². The second kappa shape index (κ2) is 8.31. The van der Waals surface area contributed by atoms with Crippen LogP contribution in [0.15, 0.2) is 11.1 Å². The summed E-state index contributed by atoms with van der Waals surface area (Å²) in [4.78, 5) is 26.6. The molecule has 0 saturated heterocycles. The van der Waals surface area contributed by atoms with Gasteiger partial charge in [-0.25, -0.2) is 13.2 Å². The number of nitrogens with zero attached hydrogens (tertiary/aromatic N) is 1. The van der Waals surface area contributed by atoms with Gasteiger partial charge in [0, 0.05) is 24.7 Å². The third-order valence-corrected chi connectivity index (χ3v) is 2.84. The van der Waals surface area contributed by atoms with Crippen molar-refractivity contribution in [3.05, 3.63) is 34.6 Å². The molecule has 0 N–H and O–H groups in total. The number of Topliss-reactive ketones (excluding diaryl/α,β-unsaturated/α-hetero) is 1. The Morgan fingerprint density at radius 1 is 1.27 bits per heavy atom. The van der Waals surface area contributed by atoms with Crippen LogP contribution in [-0.4, -0.2) is 31.1 Å². The number of hydrogen-bond donors (Lipinski definition) is 0. The second-order valence-electron chi connectivity index (χ2n) is 4.43. The molecule has 0 aliphatic heterocycles. The molecule has 0 unspecified atom stereocenters. The normalized spacial score (nSPS) is 11.0. The lowest BCUT2D eigenvalue weighted by Gasteiger charge is -2.06. The lowest BCUT2D eigenvalue weighted by molar-refractivity contribution is -0.141. The van der Waals surface area contributed by atoms with Crippen LogP contribution in [0.3, 0.4) is 0 Å². The Labute approximate surface area is 126 Å². The van der Waals surface area contributed by atoms with E-state index in [1.54, 1.807) is 6.92 Å². The molecule has 0 radical (unpaired) electrons. The minimum Gasteiger partial charge on any atom is -0.466 e. The monoisotopic (exact) mass is 315 g/mol. The van der Waals surface area contributed by atoms with Crippen LogP contribution in [-0.2, 0) is 9.53 Å². The van der Waals surface area contributed by atoms with Crippen molar-refractivity contribution in [2.75, 3.05) is 13.2 Å². The fourth-order valence-electron chi connectivity index (χ4n) is 1.68. The molecule has 1 aromatic rings. The maximum Gasteiger partial charge on any atom is 0.311 e. The van der Waals surface area contributed by atoms with Crippen molar-refractivity contribution in [1.82, 2.24) is 0 Å². The average Bonchev–Trinajstić information content (AvgIpc) is 2.48. The molecule has 0 spiro atoms. The highest BCUT2D eigenvalue weighted by Crippen LogP contribution is 2.20.